The van der Waals surface area contributed by atoms with E-state index in [4.69, 9.17) is 10.5 Å². The molecule has 22 heavy (non-hydrogen) atoms. The molecule has 0 fully saturated rings. The maximum atomic E-state index is 12.0. The predicted octanol–water partition coefficient (Wildman–Crippen LogP) is 3.47. The van der Waals surface area contributed by atoms with Gasteiger partial charge in [0, 0.05) is 11.4 Å². The molecule has 0 unspecified atom stereocenters. The van der Waals surface area contributed by atoms with Gasteiger partial charge in [-0.15, -0.1) is 0 Å². The number of benzene rings is 2. The van der Waals surface area contributed by atoms with Crippen LogP contribution >= 0.6 is 0 Å². The van der Waals surface area contributed by atoms with Crippen LogP contribution in [0.3, 0.4) is 0 Å². The van der Waals surface area contributed by atoms with Gasteiger partial charge in [-0.2, -0.15) is 0 Å². The minimum Gasteiger partial charge on any atom is -0.483 e. The molecule has 0 saturated carbocycles. The lowest BCUT2D eigenvalue weighted by Gasteiger charge is -2.12. The number of nitrogens with one attached hydrogen (secondary N) is 1. The van der Waals surface area contributed by atoms with Gasteiger partial charge in [-0.3, -0.25) is 4.79 Å². The topological polar surface area (TPSA) is 64.3 Å². The van der Waals surface area contributed by atoms with E-state index in [9.17, 15) is 4.79 Å². The summed E-state index contributed by atoms with van der Waals surface area (Å²) in [6.07, 6.45) is 0.871. The number of ether oxygens (including phenoxy) is 1. The summed E-state index contributed by atoms with van der Waals surface area (Å²) in [4.78, 5) is 12.0. The number of hydrogen-bond donors (Lipinski definition) is 2. The van der Waals surface area contributed by atoms with Gasteiger partial charge < -0.3 is 15.8 Å². The predicted molar refractivity (Wildman–Crippen MR) is 90.3 cm³/mol. The Morgan fingerprint density at radius 2 is 1.86 bits per heavy atom. The second kappa shape index (κ2) is 6.98. The molecule has 1 amide bonds. The van der Waals surface area contributed by atoms with E-state index in [1.807, 2.05) is 51.1 Å². The van der Waals surface area contributed by atoms with E-state index in [2.05, 4.69) is 5.32 Å². The van der Waals surface area contributed by atoms with E-state index in [0.717, 1.165) is 28.9 Å². The monoisotopic (exact) mass is 298 g/mol. The number of nitrogen functional groups attached to an aromatic ring is 1. The summed E-state index contributed by atoms with van der Waals surface area (Å²) in [7, 11) is 0. The average Bonchev–Trinajstić information content (AvgIpc) is 2.47. The molecule has 3 N–H and O–H groups in total. The lowest BCUT2D eigenvalue weighted by molar-refractivity contribution is -0.118. The summed E-state index contributed by atoms with van der Waals surface area (Å²) < 4.78 is 5.63. The number of para-hydroxylation sites is 1. The molecule has 2 aromatic rings. The Kier molecular flexibility index (Phi) is 5.04. The number of aryl methyl sites for hydroxylation is 3. The van der Waals surface area contributed by atoms with Crippen LogP contribution in [0.25, 0.3) is 0 Å². The SMILES string of the molecule is CCc1ccc(NC(=O)COc2c(C)cccc2C)cc1N. The molecule has 4 nitrogen and oxygen atoms in total. The second-order valence-corrected chi connectivity index (χ2v) is 5.32. The Morgan fingerprint density at radius 3 is 2.45 bits per heavy atom. The molecule has 0 heterocycles. The Bertz CT molecular complexity index is 661. The highest BCUT2D eigenvalue weighted by Crippen LogP contribution is 2.22. The first-order chi connectivity index (χ1) is 10.5. The van der Waals surface area contributed by atoms with Crippen molar-refractivity contribution in [3.63, 3.8) is 0 Å². The van der Waals surface area contributed by atoms with Gasteiger partial charge in [-0.25, -0.2) is 0 Å². The third kappa shape index (κ3) is 3.79. The number of amides is 1. The maximum absolute atomic E-state index is 12.0. The van der Waals surface area contributed by atoms with E-state index >= 15 is 0 Å². The van der Waals surface area contributed by atoms with Crippen LogP contribution in [0.15, 0.2) is 36.4 Å². The number of nitrogens with two attached hydrogens (primary N) is 1. The molecular weight excluding hydrogens is 276 g/mol. The van der Waals surface area contributed by atoms with Crippen molar-refractivity contribution in [2.45, 2.75) is 27.2 Å². The lowest BCUT2D eigenvalue weighted by atomic mass is 10.1. The summed E-state index contributed by atoms with van der Waals surface area (Å²) in [5, 5.41) is 2.80. The molecule has 0 atom stereocenters. The van der Waals surface area contributed by atoms with Crippen molar-refractivity contribution in [1.82, 2.24) is 0 Å². The zero-order valence-corrected chi connectivity index (χ0v) is 13.3. The van der Waals surface area contributed by atoms with Crippen LogP contribution in [-0.4, -0.2) is 12.5 Å². The molecule has 2 rings (SSSR count). The fourth-order valence-electron chi connectivity index (χ4n) is 2.36. The number of carbonyl (C=O) groups excluding carboxylic acids is 1. The van der Waals surface area contributed by atoms with Gasteiger partial charge in [0.1, 0.15) is 5.75 Å². The van der Waals surface area contributed by atoms with E-state index in [1.54, 1.807) is 6.07 Å². The van der Waals surface area contributed by atoms with Crippen molar-refractivity contribution in [2.75, 3.05) is 17.7 Å². The molecule has 2 aromatic carbocycles. The van der Waals surface area contributed by atoms with Crippen LogP contribution in [0.1, 0.15) is 23.6 Å². The van der Waals surface area contributed by atoms with E-state index in [1.165, 1.54) is 0 Å². The number of anilines is 2. The van der Waals surface area contributed by atoms with Crippen LogP contribution in [-0.2, 0) is 11.2 Å². The van der Waals surface area contributed by atoms with E-state index in [-0.39, 0.29) is 12.5 Å². The van der Waals surface area contributed by atoms with Crippen molar-refractivity contribution < 1.29 is 9.53 Å². The minimum absolute atomic E-state index is 0.0267. The van der Waals surface area contributed by atoms with Gasteiger partial charge in [0.05, 0.1) is 0 Å². The van der Waals surface area contributed by atoms with Crippen molar-refractivity contribution in [3.05, 3.63) is 53.1 Å². The largest absolute Gasteiger partial charge is 0.483 e. The maximum Gasteiger partial charge on any atom is 0.262 e. The van der Waals surface area contributed by atoms with Crippen molar-refractivity contribution in [2.24, 2.45) is 0 Å². The van der Waals surface area contributed by atoms with Crippen molar-refractivity contribution >= 4 is 17.3 Å². The van der Waals surface area contributed by atoms with Crippen molar-refractivity contribution in [3.8, 4) is 5.75 Å². The molecule has 0 aromatic heterocycles. The Balaban J connectivity index is 1.97. The minimum atomic E-state index is -0.202. The van der Waals surface area contributed by atoms with Gasteiger partial charge in [0.2, 0.25) is 0 Å². The molecular formula is C18H22N2O2. The number of rotatable bonds is 5. The molecule has 4 heteroatoms. The first kappa shape index (κ1) is 15.9. The smallest absolute Gasteiger partial charge is 0.262 e. The first-order valence-corrected chi connectivity index (χ1v) is 7.38. The lowest BCUT2D eigenvalue weighted by Crippen LogP contribution is -2.20. The normalized spacial score (nSPS) is 10.3. The third-order valence-electron chi connectivity index (χ3n) is 3.57. The standard InChI is InChI=1S/C18H22N2O2/c1-4-14-8-9-15(10-16(14)19)20-17(21)11-22-18-12(2)6-5-7-13(18)3/h5-10H,4,11,19H2,1-3H3,(H,20,21). The highest BCUT2D eigenvalue weighted by atomic mass is 16.5. The summed E-state index contributed by atoms with van der Waals surface area (Å²) in [6.45, 7) is 5.94. The van der Waals surface area contributed by atoms with Crippen LogP contribution in [0, 0.1) is 13.8 Å². The molecule has 0 radical (unpaired) electrons. The Hall–Kier alpha value is -2.49. The van der Waals surface area contributed by atoms with Gasteiger partial charge in [-0.05, 0) is 49.1 Å². The molecule has 116 valence electrons. The van der Waals surface area contributed by atoms with Gasteiger partial charge in [-0.1, -0.05) is 31.2 Å². The fourth-order valence-corrected chi connectivity index (χ4v) is 2.36. The molecule has 0 aliphatic heterocycles. The van der Waals surface area contributed by atoms with Crippen LogP contribution < -0.4 is 15.8 Å². The molecule has 0 aliphatic carbocycles. The zero-order chi connectivity index (χ0) is 16.1. The summed E-state index contributed by atoms with van der Waals surface area (Å²) in [5.41, 5.74) is 10.4. The van der Waals surface area contributed by atoms with Gasteiger partial charge in [0.25, 0.3) is 5.91 Å². The van der Waals surface area contributed by atoms with Crippen LogP contribution in [0.2, 0.25) is 0 Å². The van der Waals surface area contributed by atoms with Crippen molar-refractivity contribution in [1.29, 1.82) is 0 Å². The van der Waals surface area contributed by atoms with E-state index < -0.39 is 0 Å². The molecule has 0 spiro atoms. The zero-order valence-electron chi connectivity index (χ0n) is 13.3. The second-order valence-electron chi connectivity index (χ2n) is 5.32. The molecule has 0 bridgehead atoms. The molecule has 0 saturated heterocycles. The van der Waals surface area contributed by atoms with E-state index in [0.29, 0.717) is 11.4 Å². The first-order valence-electron chi connectivity index (χ1n) is 7.38. The fraction of sp³-hybridized carbons (Fsp3) is 0.278. The summed E-state index contributed by atoms with van der Waals surface area (Å²) >= 11 is 0. The average molecular weight is 298 g/mol. The molecule has 0 aliphatic rings. The Labute approximate surface area is 131 Å². The third-order valence-corrected chi connectivity index (χ3v) is 3.57. The highest BCUT2D eigenvalue weighted by Gasteiger charge is 2.08. The summed E-state index contributed by atoms with van der Waals surface area (Å²) in [5.74, 6) is 0.560. The highest BCUT2D eigenvalue weighted by molar-refractivity contribution is 5.92. The number of carbonyl (C=O) groups is 1. The van der Waals surface area contributed by atoms with Crippen LogP contribution in [0.5, 0.6) is 5.75 Å². The quantitative estimate of drug-likeness (QED) is 0.831. The number of hydrogen-bond acceptors (Lipinski definition) is 3. The Morgan fingerprint density at radius 1 is 1.18 bits per heavy atom. The van der Waals surface area contributed by atoms with Crippen LogP contribution in [0.4, 0.5) is 11.4 Å². The van der Waals surface area contributed by atoms with Gasteiger partial charge >= 0.3 is 0 Å². The van der Waals surface area contributed by atoms with Gasteiger partial charge in [0.15, 0.2) is 6.61 Å². The summed E-state index contributed by atoms with van der Waals surface area (Å²) in [6, 6.07) is 11.4.